The third-order valence-corrected chi connectivity index (χ3v) is 3.41. The van der Waals surface area contributed by atoms with Crippen LogP contribution in [0.1, 0.15) is 31.4 Å². The molecule has 0 heterocycles. The molecule has 0 bridgehead atoms. The topological polar surface area (TPSA) is 23.5 Å². The molecule has 0 aromatic heterocycles. The molecule has 0 radical (unpaired) electrons. The molecule has 0 saturated heterocycles. The molecule has 1 N–H and O–H groups in total. The van der Waals surface area contributed by atoms with Crippen LogP contribution in [0.2, 0.25) is 0 Å². The smallest absolute Gasteiger partial charge is 0.0740 e. The second-order valence-corrected chi connectivity index (χ2v) is 5.18. The van der Waals surface area contributed by atoms with Gasteiger partial charge in [0.1, 0.15) is 0 Å². The maximum atomic E-state index is 10.0. The Morgan fingerprint density at radius 1 is 1.18 bits per heavy atom. The largest absolute Gasteiger partial charge is 0.391 e. The van der Waals surface area contributed by atoms with Gasteiger partial charge in [-0.25, -0.2) is 0 Å². The fraction of sp³-hybridized carbons (Fsp3) is 0.600. The lowest BCUT2D eigenvalue weighted by Gasteiger charge is -2.26. The Kier molecular flexibility index (Phi) is 5.01. The molecule has 0 spiro atoms. The van der Waals surface area contributed by atoms with Gasteiger partial charge in [0.25, 0.3) is 0 Å². The Labute approximate surface area is 105 Å². The normalized spacial score (nSPS) is 14.5. The van der Waals surface area contributed by atoms with E-state index in [1.54, 1.807) is 0 Å². The van der Waals surface area contributed by atoms with E-state index in [0.717, 1.165) is 6.42 Å². The van der Waals surface area contributed by atoms with Crippen LogP contribution in [0.4, 0.5) is 5.69 Å². The molecule has 2 nitrogen and oxygen atoms in total. The second kappa shape index (κ2) is 6.06. The summed E-state index contributed by atoms with van der Waals surface area (Å²) in [6.07, 6.45) is 0.757. The lowest BCUT2D eigenvalue weighted by molar-refractivity contribution is 0.121. The van der Waals surface area contributed by atoms with Crippen molar-refractivity contribution in [2.45, 2.75) is 40.2 Å². The minimum absolute atomic E-state index is 0.259. The minimum Gasteiger partial charge on any atom is -0.391 e. The van der Waals surface area contributed by atoms with Gasteiger partial charge in [-0.15, -0.1) is 0 Å². The zero-order valence-corrected chi connectivity index (χ0v) is 11.7. The monoisotopic (exact) mass is 235 g/mol. The number of anilines is 1. The highest BCUT2D eigenvalue weighted by Gasteiger charge is 2.15. The van der Waals surface area contributed by atoms with Gasteiger partial charge in [0.15, 0.2) is 0 Å². The fourth-order valence-electron chi connectivity index (χ4n) is 2.01. The van der Waals surface area contributed by atoms with Gasteiger partial charge in [0, 0.05) is 19.3 Å². The number of aliphatic hydroxyl groups is 1. The first-order valence-electron chi connectivity index (χ1n) is 6.41. The molecule has 1 rings (SSSR count). The van der Waals surface area contributed by atoms with Crippen molar-refractivity contribution in [2.75, 3.05) is 18.5 Å². The number of aryl methyl sites for hydroxylation is 2. The highest BCUT2D eigenvalue weighted by Crippen LogP contribution is 2.19. The van der Waals surface area contributed by atoms with E-state index in [-0.39, 0.29) is 6.10 Å². The Hall–Kier alpha value is -1.02. The third-order valence-electron chi connectivity index (χ3n) is 3.41. The van der Waals surface area contributed by atoms with Gasteiger partial charge in [0.2, 0.25) is 0 Å². The molecule has 0 saturated carbocycles. The van der Waals surface area contributed by atoms with Crippen molar-refractivity contribution >= 4 is 5.69 Å². The molecular formula is C15H25NO. The summed E-state index contributed by atoms with van der Waals surface area (Å²) in [4.78, 5) is 2.14. The molecule has 1 aromatic rings. The summed E-state index contributed by atoms with van der Waals surface area (Å²) in [6.45, 7) is 9.12. The van der Waals surface area contributed by atoms with Crippen LogP contribution in [0.3, 0.4) is 0 Å². The first kappa shape index (κ1) is 14.0. The summed E-state index contributed by atoms with van der Waals surface area (Å²) < 4.78 is 0. The van der Waals surface area contributed by atoms with E-state index in [1.807, 2.05) is 7.05 Å². The van der Waals surface area contributed by atoms with Gasteiger partial charge in [-0.1, -0.05) is 26.3 Å². The minimum atomic E-state index is -0.259. The summed E-state index contributed by atoms with van der Waals surface area (Å²) in [5.74, 6) is 0.350. The summed E-state index contributed by atoms with van der Waals surface area (Å²) in [6, 6.07) is 6.50. The zero-order chi connectivity index (χ0) is 13.0. The number of likely N-dealkylation sites (N-methyl/N-ethyl adjacent to an activating group) is 1. The van der Waals surface area contributed by atoms with Crippen LogP contribution in [-0.4, -0.2) is 24.8 Å². The Balaban J connectivity index is 2.72. The molecule has 17 heavy (non-hydrogen) atoms. The lowest BCUT2D eigenvalue weighted by Crippen LogP contribution is -2.33. The molecule has 2 atom stereocenters. The van der Waals surface area contributed by atoms with Crippen LogP contribution in [0.15, 0.2) is 18.2 Å². The maximum Gasteiger partial charge on any atom is 0.0740 e. The Morgan fingerprint density at radius 2 is 1.71 bits per heavy atom. The molecule has 1 aromatic carbocycles. The van der Waals surface area contributed by atoms with Crippen molar-refractivity contribution in [3.05, 3.63) is 29.3 Å². The van der Waals surface area contributed by atoms with Gasteiger partial charge >= 0.3 is 0 Å². The van der Waals surface area contributed by atoms with Crippen LogP contribution in [0.5, 0.6) is 0 Å². The van der Waals surface area contributed by atoms with Crippen LogP contribution in [0, 0.1) is 19.8 Å². The van der Waals surface area contributed by atoms with Crippen LogP contribution in [0.25, 0.3) is 0 Å². The number of nitrogens with zero attached hydrogens (tertiary/aromatic N) is 1. The number of hydrogen-bond acceptors (Lipinski definition) is 2. The van der Waals surface area contributed by atoms with Gasteiger partial charge < -0.3 is 10.0 Å². The average Bonchev–Trinajstić information content (AvgIpc) is 2.26. The van der Waals surface area contributed by atoms with Crippen LogP contribution >= 0.6 is 0 Å². The van der Waals surface area contributed by atoms with E-state index in [2.05, 4.69) is 50.8 Å². The molecule has 0 aliphatic rings. The van der Waals surface area contributed by atoms with Crippen LogP contribution < -0.4 is 4.90 Å². The van der Waals surface area contributed by atoms with Crippen molar-refractivity contribution in [3.8, 4) is 0 Å². The number of benzene rings is 1. The Bertz CT molecular complexity index is 342. The number of aliphatic hydroxyl groups excluding tert-OH is 1. The molecule has 2 heteroatoms. The van der Waals surface area contributed by atoms with E-state index in [9.17, 15) is 5.11 Å². The van der Waals surface area contributed by atoms with Gasteiger partial charge in [-0.05, 0) is 43.0 Å². The van der Waals surface area contributed by atoms with Crippen molar-refractivity contribution < 1.29 is 5.11 Å². The predicted octanol–water partition coefficient (Wildman–Crippen LogP) is 3.15. The number of rotatable bonds is 5. The van der Waals surface area contributed by atoms with Gasteiger partial charge in [0.05, 0.1) is 6.10 Å². The Morgan fingerprint density at radius 3 is 2.18 bits per heavy atom. The average molecular weight is 235 g/mol. The zero-order valence-electron chi connectivity index (χ0n) is 11.7. The molecule has 0 aliphatic carbocycles. The van der Waals surface area contributed by atoms with E-state index < -0.39 is 0 Å². The standard InChI is InChI=1S/C15H25NO/c1-6-13(4)15(17)10-16(5)14-8-11(2)7-12(3)9-14/h7-9,13,15,17H,6,10H2,1-5H3. The molecule has 0 aliphatic heterocycles. The first-order valence-corrected chi connectivity index (χ1v) is 6.41. The maximum absolute atomic E-state index is 10.0. The first-order chi connectivity index (χ1) is 7.93. The van der Waals surface area contributed by atoms with E-state index in [1.165, 1.54) is 16.8 Å². The summed E-state index contributed by atoms with van der Waals surface area (Å²) in [5.41, 5.74) is 3.72. The fourth-order valence-corrected chi connectivity index (χ4v) is 2.01. The van der Waals surface area contributed by atoms with Crippen molar-refractivity contribution in [3.63, 3.8) is 0 Å². The second-order valence-electron chi connectivity index (χ2n) is 5.18. The third kappa shape index (κ3) is 4.04. The predicted molar refractivity (Wildman–Crippen MR) is 74.6 cm³/mol. The highest BCUT2D eigenvalue weighted by atomic mass is 16.3. The SMILES string of the molecule is CCC(C)C(O)CN(C)c1cc(C)cc(C)c1. The molecule has 2 unspecified atom stereocenters. The van der Waals surface area contributed by atoms with E-state index >= 15 is 0 Å². The van der Waals surface area contributed by atoms with Gasteiger partial charge in [-0.3, -0.25) is 0 Å². The molecular weight excluding hydrogens is 210 g/mol. The van der Waals surface area contributed by atoms with Crippen molar-refractivity contribution in [1.82, 2.24) is 0 Å². The highest BCUT2D eigenvalue weighted by molar-refractivity contribution is 5.50. The molecule has 0 amide bonds. The van der Waals surface area contributed by atoms with Gasteiger partial charge in [-0.2, -0.15) is 0 Å². The van der Waals surface area contributed by atoms with Crippen LogP contribution in [-0.2, 0) is 0 Å². The lowest BCUT2D eigenvalue weighted by atomic mass is 10.0. The molecule has 0 fully saturated rings. The molecule has 96 valence electrons. The summed E-state index contributed by atoms with van der Waals surface area (Å²) >= 11 is 0. The van der Waals surface area contributed by atoms with Crippen molar-refractivity contribution in [1.29, 1.82) is 0 Å². The van der Waals surface area contributed by atoms with E-state index in [0.29, 0.717) is 12.5 Å². The summed E-state index contributed by atoms with van der Waals surface area (Å²) in [7, 11) is 2.04. The summed E-state index contributed by atoms with van der Waals surface area (Å²) in [5, 5.41) is 10.0. The van der Waals surface area contributed by atoms with E-state index in [4.69, 9.17) is 0 Å². The quantitative estimate of drug-likeness (QED) is 0.847. The number of hydrogen-bond donors (Lipinski definition) is 1. The van der Waals surface area contributed by atoms with Crippen molar-refractivity contribution in [2.24, 2.45) is 5.92 Å².